The van der Waals surface area contributed by atoms with E-state index in [0.29, 0.717) is 5.56 Å². The fourth-order valence-corrected chi connectivity index (χ4v) is 1.48. The molecule has 1 aromatic rings. The van der Waals surface area contributed by atoms with Crippen LogP contribution in [-0.4, -0.2) is 4.98 Å². The normalized spacial score (nSPS) is 10.3. The summed E-state index contributed by atoms with van der Waals surface area (Å²) in [6.45, 7) is 1.52. The van der Waals surface area contributed by atoms with E-state index in [1.807, 2.05) is 0 Å². The molecule has 0 spiro atoms. The quantitative estimate of drug-likeness (QED) is 0.713. The summed E-state index contributed by atoms with van der Waals surface area (Å²) in [6, 6.07) is 3.14. The lowest BCUT2D eigenvalue weighted by Crippen LogP contribution is -2.01. The Bertz CT molecular complexity index is 385. The minimum Gasteiger partial charge on any atom is -0.240 e. The monoisotopic (exact) mass is 216 g/mol. The lowest BCUT2D eigenvalue weighted by atomic mass is 10.1. The Hall–Kier alpha value is -1.21. The van der Waals surface area contributed by atoms with Crippen LogP contribution in [0.4, 0.5) is 8.78 Å². The number of nitrogens with zero attached hydrogens (tertiary/aromatic N) is 2. The van der Waals surface area contributed by atoms with Crippen molar-refractivity contribution in [3.05, 3.63) is 28.0 Å². The first-order valence-corrected chi connectivity index (χ1v) is 4.25. The highest BCUT2D eigenvalue weighted by Crippen LogP contribution is 2.27. The first-order valence-electron chi connectivity index (χ1n) is 3.87. The van der Waals surface area contributed by atoms with Crippen LogP contribution in [0.25, 0.3) is 0 Å². The third kappa shape index (κ3) is 2.18. The topological polar surface area (TPSA) is 36.7 Å². The molecule has 0 saturated heterocycles. The zero-order valence-corrected chi connectivity index (χ0v) is 8.15. The molecule has 2 nitrogen and oxygen atoms in total. The summed E-state index contributed by atoms with van der Waals surface area (Å²) >= 11 is 5.60. The number of rotatable bonds is 2. The molecule has 0 unspecified atom stereocenters. The lowest BCUT2D eigenvalue weighted by molar-refractivity contribution is 0.149. The van der Waals surface area contributed by atoms with Crippen molar-refractivity contribution in [3.8, 4) is 6.07 Å². The maximum Gasteiger partial charge on any atom is 0.265 e. The molecule has 5 heteroatoms. The van der Waals surface area contributed by atoms with Gasteiger partial charge in [-0.05, 0) is 18.6 Å². The van der Waals surface area contributed by atoms with E-state index < -0.39 is 6.43 Å². The first-order chi connectivity index (χ1) is 6.56. The van der Waals surface area contributed by atoms with Gasteiger partial charge in [-0.2, -0.15) is 5.26 Å². The van der Waals surface area contributed by atoms with E-state index in [2.05, 4.69) is 4.98 Å². The Balaban J connectivity index is 3.30. The molecule has 0 radical (unpaired) electrons. The van der Waals surface area contributed by atoms with Crippen LogP contribution in [0.15, 0.2) is 6.07 Å². The van der Waals surface area contributed by atoms with Gasteiger partial charge in [0.1, 0.15) is 5.15 Å². The summed E-state index contributed by atoms with van der Waals surface area (Å²) in [5.74, 6) is 0. The lowest BCUT2D eigenvalue weighted by Gasteiger charge is -2.08. The molecule has 1 aromatic heterocycles. The standard InChI is InChI=1S/C9H7ClF2N2/c1-5-4-7(10)14-6(2-3-13)8(5)9(11)12/h4,9H,2H2,1H3. The van der Waals surface area contributed by atoms with Gasteiger partial charge in [-0.15, -0.1) is 0 Å². The SMILES string of the molecule is Cc1cc(Cl)nc(CC#N)c1C(F)F. The van der Waals surface area contributed by atoms with Crippen molar-refractivity contribution in [1.82, 2.24) is 4.98 Å². The molecule has 0 aliphatic carbocycles. The number of halogens is 3. The van der Waals surface area contributed by atoms with E-state index in [0.717, 1.165) is 0 Å². The average molecular weight is 217 g/mol. The molecule has 0 amide bonds. The second kappa shape index (κ2) is 4.34. The highest BCUT2D eigenvalue weighted by molar-refractivity contribution is 6.29. The van der Waals surface area contributed by atoms with Crippen LogP contribution in [0.3, 0.4) is 0 Å². The predicted molar refractivity (Wildman–Crippen MR) is 48.3 cm³/mol. The molecule has 0 atom stereocenters. The molecule has 0 aliphatic rings. The molecule has 0 fully saturated rings. The molecule has 1 rings (SSSR count). The summed E-state index contributed by atoms with van der Waals surface area (Å²) in [5, 5.41) is 8.57. The molecule has 0 saturated carbocycles. The minimum atomic E-state index is -2.62. The van der Waals surface area contributed by atoms with E-state index in [9.17, 15) is 8.78 Å². The zero-order chi connectivity index (χ0) is 10.7. The molecule has 0 bridgehead atoms. The van der Waals surface area contributed by atoms with Gasteiger partial charge in [-0.3, -0.25) is 0 Å². The summed E-state index contributed by atoms with van der Waals surface area (Å²) in [5.41, 5.74) is 0.244. The first kappa shape index (κ1) is 10.9. The van der Waals surface area contributed by atoms with Gasteiger partial charge in [-0.25, -0.2) is 13.8 Å². The Morgan fingerprint density at radius 3 is 2.79 bits per heavy atom. The van der Waals surface area contributed by atoms with Crippen molar-refractivity contribution in [2.45, 2.75) is 19.8 Å². The summed E-state index contributed by atoms with van der Waals surface area (Å²) in [4.78, 5) is 3.71. The Kier molecular flexibility index (Phi) is 3.37. The van der Waals surface area contributed by atoms with Gasteiger partial charge in [0.2, 0.25) is 0 Å². The van der Waals surface area contributed by atoms with Gasteiger partial charge < -0.3 is 0 Å². The van der Waals surface area contributed by atoms with Gasteiger partial charge in [0.15, 0.2) is 0 Å². The maximum absolute atomic E-state index is 12.6. The van der Waals surface area contributed by atoms with Gasteiger partial charge in [0.25, 0.3) is 6.43 Å². The van der Waals surface area contributed by atoms with Crippen LogP contribution in [-0.2, 0) is 6.42 Å². The molecule has 0 aliphatic heterocycles. The third-order valence-electron chi connectivity index (χ3n) is 1.78. The summed E-state index contributed by atoms with van der Waals surface area (Å²) in [6.07, 6.45) is -2.77. The van der Waals surface area contributed by atoms with Crippen LogP contribution in [0, 0.1) is 18.3 Å². The van der Waals surface area contributed by atoms with E-state index in [1.54, 1.807) is 6.07 Å². The van der Waals surface area contributed by atoms with Crippen LogP contribution in [0.5, 0.6) is 0 Å². The van der Waals surface area contributed by atoms with Crippen molar-refractivity contribution < 1.29 is 8.78 Å². The molecule has 0 aromatic carbocycles. The highest BCUT2D eigenvalue weighted by Gasteiger charge is 2.17. The molecule has 1 heterocycles. The van der Waals surface area contributed by atoms with Crippen molar-refractivity contribution in [2.24, 2.45) is 0 Å². The fourth-order valence-electron chi connectivity index (χ4n) is 1.21. The predicted octanol–water partition coefficient (Wildman–Crippen LogP) is 3.05. The second-order valence-electron chi connectivity index (χ2n) is 2.76. The van der Waals surface area contributed by atoms with Crippen molar-refractivity contribution in [3.63, 3.8) is 0 Å². The molecule has 0 N–H and O–H groups in total. The summed E-state index contributed by atoms with van der Waals surface area (Å²) in [7, 11) is 0. The Labute approximate surface area is 85.1 Å². The third-order valence-corrected chi connectivity index (χ3v) is 1.97. The molecule has 14 heavy (non-hydrogen) atoms. The number of aromatic nitrogens is 1. The largest absolute Gasteiger partial charge is 0.265 e. The van der Waals surface area contributed by atoms with Gasteiger partial charge >= 0.3 is 0 Å². The van der Waals surface area contributed by atoms with E-state index in [4.69, 9.17) is 16.9 Å². The highest BCUT2D eigenvalue weighted by atomic mass is 35.5. The van der Waals surface area contributed by atoms with Crippen molar-refractivity contribution in [2.75, 3.05) is 0 Å². The van der Waals surface area contributed by atoms with Crippen LogP contribution < -0.4 is 0 Å². The molecular formula is C9H7ClF2N2. The Morgan fingerprint density at radius 2 is 2.29 bits per heavy atom. The van der Waals surface area contributed by atoms with Crippen molar-refractivity contribution in [1.29, 1.82) is 5.26 Å². The average Bonchev–Trinajstić information content (AvgIpc) is 2.01. The number of pyridine rings is 1. The van der Waals surface area contributed by atoms with Crippen LogP contribution >= 0.6 is 11.6 Å². The number of hydrogen-bond acceptors (Lipinski definition) is 2. The maximum atomic E-state index is 12.6. The fraction of sp³-hybridized carbons (Fsp3) is 0.333. The smallest absolute Gasteiger partial charge is 0.240 e. The van der Waals surface area contributed by atoms with Crippen molar-refractivity contribution >= 4 is 11.6 Å². The van der Waals surface area contributed by atoms with E-state index in [1.165, 1.54) is 13.0 Å². The van der Waals surface area contributed by atoms with Gasteiger partial charge in [0, 0.05) is 5.56 Å². The number of nitriles is 1. The van der Waals surface area contributed by atoms with Gasteiger partial charge in [-0.1, -0.05) is 11.6 Å². The van der Waals surface area contributed by atoms with Gasteiger partial charge in [0.05, 0.1) is 18.2 Å². The number of aryl methyl sites for hydroxylation is 1. The van der Waals surface area contributed by atoms with Crippen LogP contribution in [0.2, 0.25) is 5.15 Å². The Morgan fingerprint density at radius 1 is 1.64 bits per heavy atom. The second-order valence-corrected chi connectivity index (χ2v) is 3.15. The number of alkyl halides is 2. The van der Waals surface area contributed by atoms with E-state index in [-0.39, 0.29) is 22.8 Å². The molecule has 74 valence electrons. The summed E-state index contributed by atoms with van der Waals surface area (Å²) < 4.78 is 25.1. The number of hydrogen-bond donors (Lipinski definition) is 0. The van der Waals surface area contributed by atoms with E-state index >= 15 is 0 Å². The zero-order valence-electron chi connectivity index (χ0n) is 7.39. The van der Waals surface area contributed by atoms with Crippen LogP contribution in [0.1, 0.15) is 23.2 Å². The molecular weight excluding hydrogens is 210 g/mol. The minimum absolute atomic E-state index is 0.0625.